The molecule has 0 aromatic carbocycles. The van der Waals surface area contributed by atoms with Crippen LogP contribution in [0.1, 0.15) is 117 Å². The highest BCUT2D eigenvalue weighted by Gasteiger charge is 2.08. The standard InChI is InChI=1S/C23H48N/c1-5-7-8-9-10-11-12-13-14-15-16-17-18-19-20-21-23-24(3,4)22-6-2/h6,22H,5,7-21,23H2,1-4H3/q+1. The van der Waals surface area contributed by atoms with Crippen LogP contribution in [0.15, 0.2) is 12.3 Å². The van der Waals surface area contributed by atoms with Crippen molar-refractivity contribution in [1.82, 2.24) is 0 Å². The van der Waals surface area contributed by atoms with Crippen molar-refractivity contribution < 1.29 is 4.48 Å². The summed E-state index contributed by atoms with van der Waals surface area (Å²) in [6.45, 7) is 5.70. The van der Waals surface area contributed by atoms with E-state index in [2.05, 4.69) is 40.2 Å². The van der Waals surface area contributed by atoms with Crippen LogP contribution in [-0.2, 0) is 0 Å². The Bertz CT molecular complexity index is 267. The van der Waals surface area contributed by atoms with Crippen LogP contribution in [0.4, 0.5) is 0 Å². The van der Waals surface area contributed by atoms with Gasteiger partial charge in [-0.15, -0.1) is 0 Å². The van der Waals surface area contributed by atoms with Crippen LogP contribution < -0.4 is 0 Å². The first-order valence-electron chi connectivity index (χ1n) is 11.1. The van der Waals surface area contributed by atoms with Crippen LogP contribution in [-0.4, -0.2) is 25.1 Å². The number of hydrogen-bond donors (Lipinski definition) is 0. The molecule has 1 heteroatoms. The quantitative estimate of drug-likeness (QED) is 0.176. The smallest absolute Gasteiger partial charge is 0.0911 e. The first kappa shape index (κ1) is 23.7. The van der Waals surface area contributed by atoms with Crippen LogP contribution in [0.5, 0.6) is 0 Å². The van der Waals surface area contributed by atoms with E-state index in [1.54, 1.807) is 0 Å². The molecule has 24 heavy (non-hydrogen) atoms. The molecule has 0 aliphatic rings. The number of rotatable bonds is 18. The summed E-state index contributed by atoms with van der Waals surface area (Å²) >= 11 is 0. The summed E-state index contributed by atoms with van der Waals surface area (Å²) in [4.78, 5) is 0. The van der Waals surface area contributed by atoms with Gasteiger partial charge < -0.3 is 4.48 Å². The Morgan fingerprint density at radius 2 is 0.875 bits per heavy atom. The number of unbranched alkanes of at least 4 members (excludes halogenated alkanes) is 15. The third kappa shape index (κ3) is 18.0. The number of allylic oxidation sites excluding steroid dienone is 1. The zero-order chi connectivity index (χ0) is 17.9. The third-order valence-electron chi connectivity index (χ3n) is 5.14. The van der Waals surface area contributed by atoms with Gasteiger partial charge >= 0.3 is 0 Å². The lowest BCUT2D eigenvalue weighted by Crippen LogP contribution is -2.33. The van der Waals surface area contributed by atoms with Gasteiger partial charge in [0.1, 0.15) is 0 Å². The number of quaternary nitrogens is 1. The normalized spacial score (nSPS) is 12.3. The lowest BCUT2D eigenvalue weighted by atomic mass is 10.0. The summed E-state index contributed by atoms with van der Waals surface area (Å²) in [7, 11) is 4.59. The fourth-order valence-corrected chi connectivity index (χ4v) is 3.55. The van der Waals surface area contributed by atoms with E-state index in [1.165, 1.54) is 109 Å². The third-order valence-corrected chi connectivity index (χ3v) is 5.14. The van der Waals surface area contributed by atoms with E-state index in [9.17, 15) is 0 Å². The Labute approximate surface area is 154 Å². The first-order valence-corrected chi connectivity index (χ1v) is 11.1. The molecular formula is C23H48N+. The predicted octanol–water partition coefficient (Wildman–Crippen LogP) is 7.86. The second kappa shape index (κ2) is 17.5. The Morgan fingerprint density at radius 1 is 0.542 bits per heavy atom. The molecule has 0 atom stereocenters. The minimum Gasteiger partial charge on any atom is -0.302 e. The highest BCUT2D eigenvalue weighted by Crippen LogP contribution is 2.14. The topological polar surface area (TPSA) is 0 Å². The van der Waals surface area contributed by atoms with Gasteiger partial charge in [-0.1, -0.05) is 96.8 Å². The maximum atomic E-state index is 2.30. The van der Waals surface area contributed by atoms with Gasteiger partial charge in [0.15, 0.2) is 0 Å². The second-order valence-electron chi connectivity index (χ2n) is 8.29. The zero-order valence-electron chi connectivity index (χ0n) is 17.6. The number of nitrogens with zero attached hydrogens (tertiary/aromatic N) is 1. The highest BCUT2D eigenvalue weighted by molar-refractivity contribution is 4.66. The molecule has 0 radical (unpaired) electrons. The molecule has 0 saturated heterocycles. The summed E-state index contributed by atoms with van der Waals surface area (Å²) in [6.07, 6.45) is 27.7. The fraction of sp³-hybridized carbons (Fsp3) is 0.913. The van der Waals surface area contributed by atoms with E-state index in [0.717, 1.165) is 4.48 Å². The molecule has 0 aromatic rings. The molecule has 0 bridgehead atoms. The van der Waals surface area contributed by atoms with Crippen molar-refractivity contribution >= 4 is 0 Å². The van der Waals surface area contributed by atoms with Gasteiger partial charge in [0, 0.05) is 0 Å². The average Bonchev–Trinajstić information content (AvgIpc) is 2.54. The summed E-state index contributed by atoms with van der Waals surface area (Å²) in [5.41, 5.74) is 0. The van der Waals surface area contributed by atoms with E-state index in [0.29, 0.717) is 0 Å². The zero-order valence-corrected chi connectivity index (χ0v) is 17.6. The minimum atomic E-state index is 1.04. The van der Waals surface area contributed by atoms with Crippen molar-refractivity contribution in [2.75, 3.05) is 20.6 Å². The van der Waals surface area contributed by atoms with Crippen molar-refractivity contribution in [2.45, 2.75) is 117 Å². The highest BCUT2D eigenvalue weighted by atomic mass is 15.3. The molecule has 0 rings (SSSR count). The van der Waals surface area contributed by atoms with E-state index in [4.69, 9.17) is 0 Å². The lowest BCUT2D eigenvalue weighted by molar-refractivity contribution is -0.839. The minimum absolute atomic E-state index is 1.04. The molecule has 0 aromatic heterocycles. The lowest BCUT2D eigenvalue weighted by Gasteiger charge is -2.24. The average molecular weight is 339 g/mol. The molecule has 0 unspecified atom stereocenters. The van der Waals surface area contributed by atoms with Crippen LogP contribution in [0, 0.1) is 0 Å². The molecule has 0 N–H and O–H groups in total. The van der Waals surface area contributed by atoms with Gasteiger partial charge in [0.2, 0.25) is 0 Å². The monoisotopic (exact) mass is 338 g/mol. The first-order chi connectivity index (χ1) is 11.6. The number of hydrogen-bond acceptors (Lipinski definition) is 0. The molecule has 0 aliphatic heterocycles. The van der Waals surface area contributed by atoms with Crippen molar-refractivity contribution in [3.63, 3.8) is 0 Å². The second-order valence-corrected chi connectivity index (χ2v) is 8.29. The molecule has 0 amide bonds. The summed E-state index contributed by atoms with van der Waals surface area (Å²) in [5, 5.41) is 0. The summed E-state index contributed by atoms with van der Waals surface area (Å²) in [6, 6.07) is 0. The Kier molecular flexibility index (Phi) is 17.3. The Morgan fingerprint density at radius 3 is 1.21 bits per heavy atom. The molecular weight excluding hydrogens is 290 g/mol. The van der Waals surface area contributed by atoms with Crippen molar-refractivity contribution in [3.8, 4) is 0 Å². The fourth-order valence-electron chi connectivity index (χ4n) is 3.55. The van der Waals surface area contributed by atoms with Gasteiger partial charge in [0.05, 0.1) is 26.8 Å². The molecule has 0 fully saturated rings. The molecule has 0 aliphatic carbocycles. The van der Waals surface area contributed by atoms with Crippen LogP contribution in [0.25, 0.3) is 0 Å². The van der Waals surface area contributed by atoms with E-state index in [-0.39, 0.29) is 0 Å². The molecule has 0 saturated carbocycles. The van der Waals surface area contributed by atoms with Crippen LogP contribution in [0.3, 0.4) is 0 Å². The van der Waals surface area contributed by atoms with Gasteiger partial charge in [-0.05, 0) is 25.8 Å². The van der Waals surface area contributed by atoms with Gasteiger partial charge in [-0.3, -0.25) is 0 Å². The van der Waals surface area contributed by atoms with Gasteiger partial charge in [0.25, 0.3) is 0 Å². The Balaban J connectivity index is 3.13. The maximum Gasteiger partial charge on any atom is 0.0911 e. The van der Waals surface area contributed by atoms with Gasteiger partial charge in [-0.2, -0.15) is 0 Å². The molecule has 0 heterocycles. The molecule has 1 nitrogen and oxygen atoms in total. The van der Waals surface area contributed by atoms with Crippen LogP contribution in [0.2, 0.25) is 0 Å². The van der Waals surface area contributed by atoms with E-state index < -0.39 is 0 Å². The van der Waals surface area contributed by atoms with E-state index in [1.807, 2.05) is 0 Å². The largest absolute Gasteiger partial charge is 0.302 e. The van der Waals surface area contributed by atoms with Crippen molar-refractivity contribution in [1.29, 1.82) is 0 Å². The summed E-state index contributed by atoms with van der Waals surface area (Å²) < 4.78 is 1.04. The molecule has 144 valence electrons. The van der Waals surface area contributed by atoms with Crippen molar-refractivity contribution in [2.24, 2.45) is 0 Å². The van der Waals surface area contributed by atoms with E-state index >= 15 is 0 Å². The predicted molar refractivity (Wildman–Crippen MR) is 111 cm³/mol. The SMILES string of the molecule is CC=C[N+](C)(C)CCCCCCCCCCCCCCCCCC. The maximum absolute atomic E-state index is 2.30. The summed E-state index contributed by atoms with van der Waals surface area (Å²) in [5.74, 6) is 0. The Hall–Kier alpha value is -0.300. The van der Waals surface area contributed by atoms with Crippen LogP contribution >= 0.6 is 0 Å². The van der Waals surface area contributed by atoms with Crippen molar-refractivity contribution in [3.05, 3.63) is 12.3 Å². The molecule has 0 spiro atoms. The van der Waals surface area contributed by atoms with Gasteiger partial charge in [-0.25, -0.2) is 0 Å².